The summed E-state index contributed by atoms with van der Waals surface area (Å²) in [6.07, 6.45) is 0.519. The van der Waals surface area contributed by atoms with Gasteiger partial charge in [0, 0.05) is 6.54 Å². The minimum atomic E-state index is -0.534. The standard InChI is InChI=1S/C33H30ClN3O3/c1-3-30(36(22-23-12-6-5-7-13-23)32(38)26-14-8-10-16-28(26)34)31-35-29-17-11-9-15-27(29)33(39)37(31)24-18-20-25(21-19-24)40-4-2/h5-21,30H,3-4,22H2,1-2H3. The van der Waals surface area contributed by atoms with Crippen molar-refractivity contribution in [1.82, 2.24) is 14.5 Å². The number of nitrogens with zero attached hydrogens (tertiary/aromatic N) is 3. The molecule has 0 bridgehead atoms. The van der Waals surface area contributed by atoms with Crippen LogP contribution < -0.4 is 10.3 Å². The number of amides is 1. The molecule has 1 atom stereocenters. The highest BCUT2D eigenvalue weighted by Gasteiger charge is 2.31. The van der Waals surface area contributed by atoms with E-state index in [1.807, 2.05) is 86.6 Å². The van der Waals surface area contributed by atoms with Crippen LogP contribution in [0.15, 0.2) is 108 Å². The largest absolute Gasteiger partial charge is 0.494 e. The number of benzene rings is 4. The summed E-state index contributed by atoms with van der Waals surface area (Å²) in [5.41, 5.74) is 2.37. The van der Waals surface area contributed by atoms with Crippen LogP contribution in [0.3, 0.4) is 0 Å². The fourth-order valence-electron chi connectivity index (χ4n) is 4.92. The normalized spacial score (nSPS) is 11.8. The van der Waals surface area contributed by atoms with Gasteiger partial charge >= 0.3 is 0 Å². The SMILES string of the molecule is CCOc1ccc(-n2c(C(CC)N(Cc3ccccc3)C(=O)c3ccccc3Cl)nc3ccccc3c2=O)cc1. The highest BCUT2D eigenvalue weighted by atomic mass is 35.5. The summed E-state index contributed by atoms with van der Waals surface area (Å²) >= 11 is 6.50. The lowest BCUT2D eigenvalue weighted by Gasteiger charge is -2.33. The smallest absolute Gasteiger partial charge is 0.266 e. The van der Waals surface area contributed by atoms with Crippen LogP contribution in [0.4, 0.5) is 0 Å². The number of carbonyl (C=O) groups excluding carboxylic acids is 1. The van der Waals surface area contributed by atoms with Gasteiger partial charge < -0.3 is 9.64 Å². The van der Waals surface area contributed by atoms with Crippen molar-refractivity contribution < 1.29 is 9.53 Å². The molecule has 40 heavy (non-hydrogen) atoms. The minimum Gasteiger partial charge on any atom is -0.494 e. The highest BCUT2D eigenvalue weighted by Crippen LogP contribution is 2.31. The van der Waals surface area contributed by atoms with E-state index in [-0.39, 0.29) is 11.5 Å². The third kappa shape index (κ3) is 5.49. The molecule has 1 aromatic heterocycles. The molecule has 0 saturated carbocycles. The molecule has 5 rings (SSSR count). The Morgan fingerprint density at radius 3 is 2.27 bits per heavy atom. The Morgan fingerprint density at radius 2 is 1.57 bits per heavy atom. The number of halogens is 1. The Hall–Kier alpha value is -4.42. The van der Waals surface area contributed by atoms with Crippen LogP contribution >= 0.6 is 11.6 Å². The molecule has 4 aromatic carbocycles. The van der Waals surface area contributed by atoms with Crippen molar-refractivity contribution in [3.63, 3.8) is 0 Å². The molecule has 1 unspecified atom stereocenters. The molecule has 5 aromatic rings. The third-order valence-electron chi connectivity index (χ3n) is 6.83. The maximum Gasteiger partial charge on any atom is 0.266 e. The Kier molecular flexibility index (Phi) is 8.27. The fourth-order valence-corrected chi connectivity index (χ4v) is 5.13. The van der Waals surface area contributed by atoms with Gasteiger partial charge in [-0.1, -0.05) is 73.1 Å². The predicted molar refractivity (Wildman–Crippen MR) is 159 cm³/mol. The zero-order valence-electron chi connectivity index (χ0n) is 22.5. The average Bonchev–Trinajstić information content (AvgIpc) is 2.98. The topological polar surface area (TPSA) is 64.4 Å². The van der Waals surface area contributed by atoms with Gasteiger partial charge in [0.05, 0.1) is 39.8 Å². The van der Waals surface area contributed by atoms with Crippen LogP contribution in [-0.4, -0.2) is 27.0 Å². The first-order chi connectivity index (χ1) is 19.5. The maximum atomic E-state index is 14.2. The van der Waals surface area contributed by atoms with E-state index in [9.17, 15) is 9.59 Å². The van der Waals surface area contributed by atoms with Crippen LogP contribution in [0.25, 0.3) is 16.6 Å². The molecule has 0 N–H and O–H groups in total. The summed E-state index contributed by atoms with van der Waals surface area (Å²) in [4.78, 5) is 35.0. The van der Waals surface area contributed by atoms with Gasteiger partial charge in [-0.15, -0.1) is 0 Å². The molecular formula is C33H30ClN3O3. The van der Waals surface area contributed by atoms with Crippen molar-refractivity contribution in [3.05, 3.63) is 135 Å². The number of hydrogen-bond acceptors (Lipinski definition) is 4. The second-order valence-corrected chi connectivity index (χ2v) is 9.78. The van der Waals surface area contributed by atoms with E-state index in [1.54, 1.807) is 39.8 Å². The number of ether oxygens (including phenoxy) is 1. The summed E-state index contributed by atoms with van der Waals surface area (Å²) < 4.78 is 7.24. The predicted octanol–water partition coefficient (Wildman–Crippen LogP) is 7.23. The van der Waals surface area contributed by atoms with E-state index in [1.165, 1.54) is 0 Å². The molecule has 1 amide bonds. The first-order valence-corrected chi connectivity index (χ1v) is 13.7. The lowest BCUT2D eigenvalue weighted by molar-refractivity contribution is 0.0641. The molecule has 0 spiro atoms. The first kappa shape index (κ1) is 27.2. The van der Waals surface area contributed by atoms with Gasteiger partial charge in [-0.2, -0.15) is 0 Å². The van der Waals surface area contributed by atoms with Crippen LogP contribution in [0, 0.1) is 0 Å². The van der Waals surface area contributed by atoms with Gasteiger partial charge in [-0.3, -0.25) is 14.2 Å². The van der Waals surface area contributed by atoms with E-state index >= 15 is 0 Å². The molecule has 0 radical (unpaired) electrons. The van der Waals surface area contributed by atoms with E-state index in [0.717, 1.165) is 5.56 Å². The minimum absolute atomic E-state index is 0.201. The molecule has 6 nitrogen and oxygen atoms in total. The molecule has 7 heteroatoms. The molecule has 0 aliphatic heterocycles. The number of rotatable bonds is 9. The average molecular weight is 552 g/mol. The lowest BCUT2D eigenvalue weighted by Crippen LogP contribution is -2.38. The number of para-hydroxylation sites is 1. The van der Waals surface area contributed by atoms with Crippen LogP contribution in [0.1, 0.15) is 48.1 Å². The molecule has 0 aliphatic carbocycles. The Bertz CT molecular complexity index is 1680. The zero-order chi connectivity index (χ0) is 28.1. The lowest BCUT2D eigenvalue weighted by atomic mass is 10.1. The van der Waals surface area contributed by atoms with Crippen LogP contribution in [0.5, 0.6) is 5.75 Å². The second-order valence-electron chi connectivity index (χ2n) is 9.38. The summed E-state index contributed by atoms with van der Waals surface area (Å²) in [5, 5.41) is 0.873. The number of aromatic nitrogens is 2. The summed E-state index contributed by atoms with van der Waals surface area (Å²) in [5.74, 6) is 0.954. The number of fused-ring (bicyclic) bond motifs is 1. The van der Waals surface area contributed by atoms with Gasteiger partial charge in [0.15, 0.2) is 0 Å². The van der Waals surface area contributed by atoms with Crippen molar-refractivity contribution in [2.75, 3.05) is 6.61 Å². The third-order valence-corrected chi connectivity index (χ3v) is 7.16. The number of hydrogen-bond donors (Lipinski definition) is 0. The molecule has 202 valence electrons. The second kappa shape index (κ2) is 12.2. The quantitative estimate of drug-likeness (QED) is 0.194. The zero-order valence-corrected chi connectivity index (χ0v) is 23.2. The maximum absolute atomic E-state index is 14.2. The Morgan fingerprint density at radius 1 is 0.900 bits per heavy atom. The highest BCUT2D eigenvalue weighted by molar-refractivity contribution is 6.33. The van der Waals surface area contributed by atoms with E-state index in [0.29, 0.717) is 58.3 Å². The van der Waals surface area contributed by atoms with Gasteiger partial charge in [-0.25, -0.2) is 4.98 Å². The van der Waals surface area contributed by atoms with Gasteiger partial charge in [0.1, 0.15) is 11.6 Å². The molecule has 0 saturated heterocycles. The fraction of sp³-hybridized carbons (Fsp3) is 0.182. The van der Waals surface area contributed by atoms with Crippen molar-refractivity contribution >= 4 is 28.4 Å². The van der Waals surface area contributed by atoms with E-state index in [2.05, 4.69) is 0 Å². The van der Waals surface area contributed by atoms with Gasteiger partial charge in [-0.05, 0) is 67.4 Å². The van der Waals surface area contributed by atoms with E-state index in [4.69, 9.17) is 21.3 Å². The van der Waals surface area contributed by atoms with E-state index < -0.39 is 6.04 Å². The molecule has 0 fully saturated rings. The van der Waals surface area contributed by atoms with Crippen molar-refractivity contribution in [2.45, 2.75) is 32.9 Å². The summed E-state index contributed by atoms with van der Waals surface area (Å²) in [6, 6.07) is 30.9. The van der Waals surface area contributed by atoms with Gasteiger partial charge in [0.2, 0.25) is 0 Å². The van der Waals surface area contributed by atoms with Crippen molar-refractivity contribution in [3.8, 4) is 11.4 Å². The van der Waals surface area contributed by atoms with Crippen molar-refractivity contribution in [1.29, 1.82) is 0 Å². The van der Waals surface area contributed by atoms with Crippen molar-refractivity contribution in [2.24, 2.45) is 0 Å². The molecular weight excluding hydrogens is 522 g/mol. The van der Waals surface area contributed by atoms with Crippen LogP contribution in [0.2, 0.25) is 5.02 Å². The molecule has 0 aliphatic rings. The number of carbonyl (C=O) groups is 1. The van der Waals surface area contributed by atoms with Crippen LogP contribution in [-0.2, 0) is 6.54 Å². The summed E-state index contributed by atoms with van der Waals surface area (Å²) in [7, 11) is 0. The Balaban J connectivity index is 1.72. The Labute approximate surface area is 238 Å². The molecule has 1 heterocycles. The summed E-state index contributed by atoms with van der Waals surface area (Å²) in [6.45, 7) is 4.77. The monoisotopic (exact) mass is 551 g/mol. The first-order valence-electron chi connectivity index (χ1n) is 13.4. The van der Waals surface area contributed by atoms with Gasteiger partial charge in [0.25, 0.3) is 11.5 Å².